The van der Waals surface area contributed by atoms with Gasteiger partial charge in [0.25, 0.3) is 0 Å². The smallest absolute Gasteiger partial charge is 0.193 e. The van der Waals surface area contributed by atoms with Crippen LogP contribution >= 0.6 is 35.7 Å². The molecule has 0 aromatic carbocycles. The molecule has 0 aliphatic carbocycles. The Morgan fingerprint density at radius 3 is 3.05 bits per heavy atom. The first kappa shape index (κ1) is 18.5. The van der Waals surface area contributed by atoms with E-state index in [0.29, 0.717) is 0 Å². The Bertz CT molecular complexity index is 427. The van der Waals surface area contributed by atoms with Gasteiger partial charge in [0.1, 0.15) is 0 Å². The molecule has 1 atom stereocenters. The van der Waals surface area contributed by atoms with Gasteiger partial charge in [-0.25, -0.2) is 0 Å². The highest BCUT2D eigenvalue weighted by atomic mass is 127. The number of nitrogens with one attached hydrogen (secondary N) is 1. The van der Waals surface area contributed by atoms with Crippen LogP contribution in [0.5, 0.6) is 0 Å². The van der Waals surface area contributed by atoms with E-state index >= 15 is 0 Å². The predicted octanol–water partition coefficient (Wildman–Crippen LogP) is 2.64. The Hall–Kier alpha value is -0.500. The molecule has 118 valence electrons. The van der Waals surface area contributed by atoms with Crippen LogP contribution in [0.15, 0.2) is 29.4 Å². The van der Waals surface area contributed by atoms with Gasteiger partial charge >= 0.3 is 0 Å². The van der Waals surface area contributed by atoms with Gasteiger partial charge in [0.05, 0.1) is 0 Å². The summed E-state index contributed by atoms with van der Waals surface area (Å²) in [6.07, 6.45) is 4.00. The fourth-order valence-corrected chi connectivity index (χ4v) is 3.52. The summed E-state index contributed by atoms with van der Waals surface area (Å²) in [6.45, 7) is 5.33. The van der Waals surface area contributed by atoms with Crippen molar-refractivity contribution in [1.29, 1.82) is 0 Å². The van der Waals surface area contributed by atoms with Gasteiger partial charge in [0.2, 0.25) is 0 Å². The van der Waals surface area contributed by atoms with Gasteiger partial charge in [-0.3, -0.25) is 9.98 Å². The van der Waals surface area contributed by atoms with E-state index in [1.807, 2.05) is 25.4 Å². The molecule has 1 saturated heterocycles. The minimum Gasteiger partial charge on any atom is -0.356 e. The van der Waals surface area contributed by atoms with Crippen LogP contribution in [0.3, 0.4) is 0 Å². The zero-order valence-corrected chi connectivity index (χ0v) is 15.9. The summed E-state index contributed by atoms with van der Waals surface area (Å²) in [6, 6.07) is 6.05. The third-order valence-electron chi connectivity index (χ3n) is 3.50. The van der Waals surface area contributed by atoms with Crippen molar-refractivity contribution in [2.45, 2.75) is 25.0 Å². The van der Waals surface area contributed by atoms with Crippen molar-refractivity contribution in [2.75, 3.05) is 32.4 Å². The van der Waals surface area contributed by atoms with Gasteiger partial charge in [0, 0.05) is 56.0 Å². The lowest BCUT2D eigenvalue weighted by Crippen LogP contribution is -2.48. The zero-order valence-electron chi connectivity index (χ0n) is 12.8. The second-order valence-corrected chi connectivity index (χ2v) is 6.30. The van der Waals surface area contributed by atoms with Gasteiger partial charge in [-0.05, 0) is 18.6 Å². The Morgan fingerprint density at radius 1 is 1.52 bits per heavy atom. The molecular formula is C15H25IN4S. The van der Waals surface area contributed by atoms with Crippen molar-refractivity contribution >= 4 is 41.7 Å². The van der Waals surface area contributed by atoms with E-state index in [-0.39, 0.29) is 24.0 Å². The third kappa shape index (κ3) is 6.02. The fourth-order valence-electron chi connectivity index (χ4n) is 2.34. The molecule has 1 N–H and O–H groups in total. The van der Waals surface area contributed by atoms with Crippen molar-refractivity contribution in [3.63, 3.8) is 0 Å². The topological polar surface area (TPSA) is 40.5 Å². The Kier molecular flexibility index (Phi) is 9.07. The molecule has 1 aromatic heterocycles. The van der Waals surface area contributed by atoms with Crippen LogP contribution in [-0.2, 0) is 6.42 Å². The zero-order chi connectivity index (χ0) is 14.2. The lowest BCUT2D eigenvalue weighted by molar-refractivity contribution is 0.408. The predicted molar refractivity (Wildman–Crippen MR) is 103 cm³/mol. The number of aromatic nitrogens is 1. The van der Waals surface area contributed by atoms with Crippen molar-refractivity contribution in [3.8, 4) is 0 Å². The minimum atomic E-state index is 0. The molecule has 1 aromatic rings. The molecule has 0 bridgehead atoms. The number of pyridine rings is 1. The van der Waals surface area contributed by atoms with Gasteiger partial charge in [0.15, 0.2) is 5.96 Å². The lowest BCUT2D eigenvalue weighted by Gasteiger charge is -2.34. The number of aliphatic imine (C=N–C) groups is 1. The van der Waals surface area contributed by atoms with Crippen molar-refractivity contribution in [2.24, 2.45) is 4.99 Å². The standard InChI is InChI=1S/C15H24N4S.HI/c1-3-14-12-19(10-11-20-14)15(16-2)18-9-7-13-6-4-5-8-17-13;/h4-6,8,14H,3,7,9-12H2,1-2H3,(H,16,18);1H. The summed E-state index contributed by atoms with van der Waals surface area (Å²) in [7, 11) is 1.87. The highest BCUT2D eigenvalue weighted by Gasteiger charge is 2.21. The van der Waals surface area contributed by atoms with E-state index in [1.165, 1.54) is 12.2 Å². The highest BCUT2D eigenvalue weighted by Crippen LogP contribution is 2.20. The van der Waals surface area contributed by atoms with E-state index in [4.69, 9.17) is 0 Å². The highest BCUT2D eigenvalue weighted by molar-refractivity contribution is 14.0. The maximum absolute atomic E-state index is 4.41. The van der Waals surface area contributed by atoms with E-state index in [2.05, 4.69) is 44.9 Å². The molecule has 6 heteroatoms. The lowest BCUT2D eigenvalue weighted by atomic mass is 10.2. The number of halogens is 1. The Labute approximate surface area is 149 Å². The summed E-state index contributed by atoms with van der Waals surface area (Å²) in [5, 5.41) is 4.19. The van der Waals surface area contributed by atoms with Gasteiger partial charge in [-0.15, -0.1) is 24.0 Å². The van der Waals surface area contributed by atoms with Crippen molar-refractivity contribution in [3.05, 3.63) is 30.1 Å². The molecule has 2 rings (SSSR count). The number of hydrogen-bond donors (Lipinski definition) is 1. The SMILES string of the molecule is CCC1CN(C(=NC)NCCc2ccccn2)CCS1.I. The van der Waals surface area contributed by atoms with E-state index in [0.717, 1.165) is 43.0 Å². The Balaban J connectivity index is 0.00000220. The maximum atomic E-state index is 4.41. The molecule has 0 amide bonds. The van der Waals surface area contributed by atoms with Crippen LogP contribution in [0.2, 0.25) is 0 Å². The van der Waals surface area contributed by atoms with Crippen LogP contribution in [-0.4, -0.2) is 53.5 Å². The monoisotopic (exact) mass is 420 g/mol. The Morgan fingerprint density at radius 2 is 2.38 bits per heavy atom. The second kappa shape index (κ2) is 10.3. The van der Waals surface area contributed by atoms with Gasteiger partial charge in [-0.1, -0.05) is 13.0 Å². The first-order valence-corrected chi connectivity index (χ1v) is 8.35. The molecule has 1 aliphatic heterocycles. The molecular weight excluding hydrogens is 395 g/mol. The summed E-state index contributed by atoms with van der Waals surface area (Å²) in [4.78, 5) is 11.1. The number of rotatable bonds is 4. The average molecular weight is 420 g/mol. The molecule has 1 fully saturated rings. The molecule has 0 saturated carbocycles. The molecule has 0 radical (unpaired) electrons. The second-order valence-electron chi connectivity index (χ2n) is 4.89. The van der Waals surface area contributed by atoms with E-state index < -0.39 is 0 Å². The molecule has 1 aliphatic rings. The number of hydrogen-bond acceptors (Lipinski definition) is 3. The maximum Gasteiger partial charge on any atom is 0.193 e. The van der Waals surface area contributed by atoms with Crippen molar-refractivity contribution < 1.29 is 0 Å². The van der Waals surface area contributed by atoms with E-state index in [9.17, 15) is 0 Å². The van der Waals surface area contributed by atoms with Crippen LogP contribution in [0, 0.1) is 0 Å². The van der Waals surface area contributed by atoms with Crippen LogP contribution in [0.25, 0.3) is 0 Å². The largest absolute Gasteiger partial charge is 0.356 e. The average Bonchev–Trinajstić information content (AvgIpc) is 2.52. The number of thioether (sulfide) groups is 1. The molecule has 4 nitrogen and oxygen atoms in total. The van der Waals surface area contributed by atoms with E-state index in [1.54, 1.807) is 0 Å². The summed E-state index contributed by atoms with van der Waals surface area (Å²) in [5.41, 5.74) is 1.12. The van der Waals surface area contributed by atoms with Crippen molar-refractivity contribution in [1.82, 2.24) is 15.2 Å². The number of guanidine groups is 1. The molecule has 0 spiro atoms. The van der Waals surface area contributed by atoms with Crippen LogP contribution in [0.1, 0.15) is 19.0 Å². The summed E-state index contributed by atoms with van der Waals surface area (Å²) < 4.78 is 0. The van der Waals surface area contributed by atoms with Gasteiger partial charge < -0.3 is 10.2 Å². The molecule has 2 heterocycles. The summed E-state index contributed by atoms with van der Waals surface area (Å²) >= 11 is 2.08. The number of nitrogens with zero attached hydrogens (tertiary/aromatic N) is 3. The van der Waals surface area contributed by atoms with Crippen LogP contribution in [0.4, 0.5) is 0 Å². The molecule has 21 heavy (non-hydrogen) atoms. The third-order valence-corrected chi connectivity index (χ3v) is 4.87. The first-order chi connectivity index (χ1) is 9.83. The molecule has 1 unspecified atom stereocenters. The normalized spacial score (nSPS) is 19.0. The fraction of sp³-hybridized carbons (Fsp3) is 0.600. The minimum absolute atomic E-state index is 0. The summed E-state index contributed by atoms with van der Waals surface area (Å²) in [5.74, 6) is 2.22. The first-order valence-electron chi connectivity index (χ1n) is 7.30. The van der Waals surface area contributed by atoms with Crippen LogP contribution < -0.4 is 5.32 Å². The van der Waals surface area contributed by atoms with Gasteiger partial charge in [-0.2, -0.15) is 11.8 Å². The quantitative estimate of drug-likeness (QED) is 0.462.